The van der Waals surface area contributed by atoms with Crippen LogP contribution in [0.5, 0.6) is 0 Å². The quantitative estimate of drug-likeness (QED) is 0.609. The summed E-state index contributed by atoms with van der Waals surface area (Å²) in [5.41, 5.74) is 6.37. The summed E-state index contributed by atoms with van der Waals surface area (Å²) < 4.78 is 4.97. The van der Waals surface area contributed by atoms with Crippen LogP contribution in [0.3, 0.4) is 0 Å². The largest absolute Gasteiger partial charge is 0.492 e. The Morgan fingerprint density at radius 3 is 2.79 bits per heavy atom. The number of benzene rings is 1. The van der Waals surface area contributed by atoms with E-state index in [0.717, 1.165) is 0 Å². The van der Waals surface area contributed by atoms with Crippen molar-refractivity contribution in [2.45, 2.75) is 6.10 Å². The fourth-order valence-electron chi connectivity index (χ4n) is 1.47. The Hall–Kier alpha value is -1.04. The van der Waals surface area contributed by atoms with Gasteiger partial charge in [0.2, 0.25) is 5.91 Å². The van der Waals surface area contributed by atoms with Crippen molar-refractivity contribution in [3.05, 3.63) is 29.8 Å². The summed E-state index contributed by atoms with van der Waals surface area (Å²) in [6, 6.07) is 6.98. The Balaban J connectivity index is 0.000000980. The van der Waals surface area contributed by atoms with Gasteiger partial charge in [0.05, 0.1) is 0 Å². The van der Waals surface area contributed by atoms with Crippen molar-refractivity contribution in [1.29, 1.82) is 0 Å². The summed E-state index contributed by atoms with van der Waals surface area (Å²) in [7, 11) is -1.03. The monoisotopic (exact) mass is 213 g/mol. The van der Waals surface area contributed by atoms with Gasteiger partial charge in [0, 0.05) is 0 Å². The van der Waals surface area contributed by atoms with Gasteiger partial charge in [-0.3, -0.25) is 4.79 Å². The maximum absolute atomic E-state index is 10.9. The molecule has 6 heteroatoms. The molecule has 0 spiro atoms. The van der Waals surface area contributed by atoms with Gasteiger partial charge in [-0.25, -0.2) is 0 Å². The second-order valence-electron chi connectivity index (χ2n) is 2.90. The van der Waals surface area contributed by atoms with E-state index in [0.29, 0.717) is 11.0 Å². The van der Waals surface area contributed by atoms with E-state index in [-0.39, 0.29) is 12.4 Å². The fraction of sp³-hybridized carbons (Fsp3) is 0.125. The Labute approximate surface area is 87.6 Å². The molecule has 0 saturated carbocycles. The van der Waals surface area contributed by atoms with E-state index in [2.05, 4.69) is 0 Å². The summed E-state index contributed by atoms with van der Waals surface area (Å²) in [4.78, 5) is 10.9. The molecular formula is C8H9BClNO3. The van der Waals surface area contributed by atoms with Gasteiger partial charge in [-0.15, -0.1) is 12.4 Å². The lowest BCUT2D eigenvalue weighted by Crippen LogP contribution is -2.28. The van der Waals surface area contributed by atoms with Crippen molar-refractivity contribution in [3.63, 3.8) is 0 Å². The van der Waals surface area contributed by atoms with Crippen LogP contribution in [-0.4, -0.2) is 18.0 Å². The molecule has 0 fully saturated rings. The van der Waals surface area contributed by atoms with Gasteiger partial charge in [-0.1, -0.05) is 24.3 Å². The standard InChI is InChI=1S/C8H8BNO3.ClH/c10-8(11)7-5-3-1-2-4-6(5)9(12)13-7;/h1-4,7,12H,(H2,10,11);1H. The highest BCUT2D eigenvalue weighted by molar-refractivity contribution is 6.62. The average molecular weight is 213 g/mol. The molecule has 74 valence electrons. The van der Waals surface area contributed by atoms with Crippen molar-refractivity contribution in [2.75, 3.05) is 0 Å². The third-order valence-electron chi connectivity index (χ3n) is 2.07. The zero-order chi connectivity index (χ0) is 9.42. The highest BCUT2D eigenvalue weighted by Gasteiger charge is 2.37. The van der Waals surface area contributed by atoms with E-state index in [4.69, 9.17) is 10.4 Å². The van der Waals surface area contributed by atoms with E-state index in [9.17, 15) is 9.82 Å². The molecule has 1 aromatic rings. The third kappa shape index (κ3) is 1.62. The number of halogens is 1. The van der Waals surface area contributed by atoms with Crippen LogP contribution >= 0.6 is 12.4 Å². The lowest BCUT2D eigenvalue weighted by atomic mass is 9.79. The van der Waals surface area contributed by atoms with Crippen molar-refractivity contribution in [3.8, 4) is 0 Å². The number of hydrogen-bond acceptors (Lipinski definition) is 3. The van der Waals surface area contributed by atoms with E-state index < -0.39 is 19.1 Å². The Bertz CT molecular complexity index is 360. The second-order valence-corrected chi connectivity index (χ2v) is 2.90. The fourth-order valence-corrected chi connectivity index (χ4v) is 1.47. The number of primary amides is 1. The number of nitrogens with two attached hydrogens (primary N) is 1. The van der Waals surface area contributed by atoms with Crippen molar-refractivity contribution < 1.29 is 14.5 Å². The van der Waals surface area contributed by atoms with Gasteiger partial charge in [0.1, 0.15) is 6.10 Å². The number of hydrogen-bond donors (Lipinski definition) is 2. The summed E-state index contributed by atoms with van der Waals surface area (Å²) in [5.74, 6) is -0.580. The first-order chi connectivity index (χ1) is 6.20. The first-order valence-corrected chi connectivity index (χ1v) is 3.92. The SMILES string of the molecule is Cl.NC(=O)C1OB(O)c2ccccc21. The van der Waals surface area contributed by atoms with Crippen LogP contribution in [0.25, 0.3) is 0 Å². The van der Waals surface area contributed by atoms with Crippen molar-refractivity contribution in [2.24, 2.45) is 5.73 Å². The average Bonchev–Trinajstić information content (AvgIpc) is 2.45. The summed E-state index contributed by atoms with van der Waals surface area (Å²) >= 11 is 0. The number of amides is 1. The van der Waals surface area contributed by atoms with Crippen LogP contribution in [0.2, 0.25) is 0 Å². The van der Waals surface area contributed by atoms with Gasteiger partial charge < -0.3 is 15.4 Å². The Morgan fingerprint density at radius 1 is 1.50 bits per heavy atom. The van der Waals surface area contributed by atoms with Gasteiger partial charge in [0.25, 0.3) is 0 Å². The van der Waals surface area contributed by atoms with Crippen LogP contribution in [0.15, 0.2) is 24.3 Å². The molecule has 1 amide bonds. The molecule has 1 unspecified atom stereocenters. The van der Waals surface area contributed by atoms with Crippen LogP contribution in [0.1, 0.15) is 11.7 Å². The molecule has 1 heterocycles. The van der Waals surface area contributed by atoms with Gasteiger partial charge >= 0.3 is 7.12 Å². The third-order valence-corrected chi connectivity index (χ3v) is 2.07. The number of rotatable bonds is 1. The predicted octanol–water partition coefficient (Wildman–Crippen LogP) is -0.648. The van der Waals surface area contributed by atoms with Gasteiger partial charge in [-0.2, -0.15) is 0 Å². The molecule has 1 aliphatic heterocycles. The summed E-state index contributed by atoms with van der Waals surface area (Å²) in [5, 5.41) is 9.37. The number of fused-ring (bicyclic) bond motifs is 1. The maximum Gasteiger partial charge on any atom is 0.492 e. The van der Waals surface area contributed by atoms with E-state index in [1.165, 1.54) is 0 Å². The summed E-state index contributed by atoms with van der Waals surface area (Å²) in [6.07, 6.45) is -0.814. The molecule has 2 rings (SSSR count). The second kappa shape index (κ2) is 4.00. The molecule has 0 aromatic heterocycles. The van der Waals surface area contributed by atoms with E-state index >= 15 is 0 Å². The minimum Gasteiger partial charge on any atom is -0.423 e. The molecule has 1 aliphatic rings. The molecular weight excluding hydrogens is 204 g/mol. The van der Waals surface area contributed by atoms with Crippen LogP contribution < -0.4 is 11.2 Å². The molecule has 1 aromatic carbocycles. The van der Waals surface area contributed by atoms with Gasteiger partial charge in [-0.05, 0) is 11.0 Å². The minimum absolute atomic E-state index is 0. The van der Waals surface area contributed by atoms with Crippen LogP contribution in [0, 0.1) is 0 Å². The number of carbonyl (C=O) groups is 1. The first kappa shape index (κ1) is 11.0. The lowest BCUT2D eigenvalue weighted by Gasteiger charge is -2.05. The smallest absolute Gasteiger partial charge is 0.423 e. The molecule has 0 radical (unpaired) electrons. The molecule has 0 bridgehead atoms. The van der Waals surface area contributed by atoms with Crippen LogP contribution in [-0.2, 0) is 9.45 Å². The zero-order valence-electron chi connectivity index (χ0n) is 7.21. The Kier molecular flexibility index (Phi) is 3.15. The Morgan fingerprint density at radius 2 is 2.14 bits per heavy atom. The lowest BCUT2D eigenvalue weighted by molar-refractivity contribution is -0.125. The number of carbonyl (C=O) groups excluding carboxylic acids is 1. The van der Waals surface area contributed by atoms with Gasteiger partial charge in [0.15, 0.2) is 0 Å². The molecule has 4 nitrogen and oxygen atoms in total. The summed E-state index contributed by atoms with van der Waals surface area (Å²) in [6.45, 7) is 0. The van der Waals surface area contributed by atoms with Crippen molar-refractivity contribution >= 4 is 30.9 Å². The predicted molar refractivity (Wildman–Crippen MR) is 54.3 cm³/mol. The van der Waals surface area contributed by atoms with Crippen molar-refractivity contribution in [1.82, 2.24) is 0 Å². The maximum atomic E-state index is 10.9. The highest BCUT2D eigenvalue weighted by Crippen LogP contribution is 2.22. The highest BCUT2D eigenvalue weighted by atomic mass is 35.5. The molecule has 0 aliphatic carbocycles. The molecule has 3 N–H and O–H groups in total. The molecule has 14 heavy (non-hydrogen) atoms. The minimum atomic E-state index is -1.03. The van der Waals surface area contributed by atoms with Crippen LogP contribution in [0.4, 0.5) is 0 Å². The molecule has 0 saturated heterocycles. The van der Waals surface area contributed by atoms with E-state index in [1.54, 1.807) is 24.3 Å². The first-order valence-electron chi connectivity index (χ1n) is 3.92. The topological polar surface area (TPSA) is 72.6 Å². The molecule has 1 atom stereocenters. The van der Waals surface area contributed by atoms with E-state index in [1.807, 2.05) is 0 Å². The zero-order valence-corrected chi connectivity index (χ0v) is 8.03. The normalized spacial score (nSPS) is 18.6.